The molecule has 1 N–H and O–H groups in total. The number of nitrogens with zero attached hydrogens (tertiary/aromatic N) is 1. The van der Waals surface area contributed by atoms with Gasteiger partial charge in [-0.15, -0.1) is 0 Å². The summed E-state index contributed by atoms with van der Waals surface area (Å²) < 4.78 is 1.11. The van der Waals surface area contributed by atoms with Crippen LogP contribution in [0.5, 0.6) is 0 Å². The fraction of sp³-hybridized carbons (Fsp3) is 1.00. The van der Waals surface area contributed by atoms with E-state index in [-0.39, 0.29) is 34.0 Å². The molecule has 0 spiro atoms. The fourth-order valence-corrected chi connectivity index (χ4v) is 5.87. The monoisotopic (exact) mass is 451 g/mol. The average Bonchev–Trinajstić information content (AvgIpc) is 2.34. The minimum Gasteiger partial charge on any atom is -1.00 e. The Bertz CT molecular complexity index is 316. The van der Waals surface area contributed by atoms with Crippen LogP contribution in [0.2, 0.25) is 0 Å². The van der Waals surface area contributed by atoms with E-state index in [0.717, 1.165) is 27.7 Å². The van der Waals surface area contributed by atoms with E-state index < -0.39 is 0 Å². The Balaban J connectivity index is 0.00000132. The van der Waals surface area contributed by atoms with Crippen molar-refractivity contribution in [3.05, 3.63) is 0 Å². The summed E-state index contributed by atoms with van der Waals surface area (Å²) in [6.07, 6.45) is 13.5. The minimum absolute atomic E-state index is 0. The molecule has 4 rings (SSSR count). The maximum atomic E-state index is 3.83. The molecule has 0 atom stereocenters. The second kappa shape index (κ2) is 9.00. The van der Waals surface area contributed by atoms with E-state index in [9.17, 15) is 0 Å². The van der Waals surface area contributed by atoms with Crippen LogP contribution in [0.1, 0.15) is 57.8 Å². The molecule has 0 aromatic heterocycles. The lowest BCUT2D eigenvalue weighted by atomic mass is 9.49. The molecule has 0 aliphatic heterocycles. The zero-order valence-corrected chi connectivity index (χ0v) is 18.6. The Morgan fingerprint density at radius 1 is 0.826 bits per heavy atom. The molecule has 4 saturated carbocycles. The highest BCUT2D eigenvalue weighted by Gasteiger charge is 2.50. The summed E-state index contributed by atoms with van der Waals surface area (Å²) in [5, 5.41) is 3.83. The summed E-state index contributed by atoms with van der Waals surface area (Å²) in [7, 11) is 6.89. The van der Waals surface area contributed by atoms with Gasteiger partial charge in [0, 0.05) is 6.54 Å². The Morgan fingerprint density at radius 2 is 1.35 bits per heavy atom. The summed E-state index contributed by atoms with van der Waals surface area (Å²) in [6, 6.07) is 0. The van der Waals surface area contributed by atoms with E-state index in [1.807, 2.05) is 0 Å². The lowest BCUT2D eigenvalue weighted by Gasteiger charge is -2.57. The number of halogens is 2. The predicted molar refractivity (Wildman–Crippen MR) is 90.2 cm³/mol. The van der Waals surface area contributed by atoms with Crippen molar-refractivity contribution in [2.45, 2.75) is 57.8 Å². The third-order valence-corrected chi connectivity index (χ3v) is 6.35. The highest BCUT2D eigenvalue weighted by atomic mass is 79.9. The second-order valence-corrected chi connectivity index (χ2v) is 9.67. The van der Waals surface area contributed by atoms with Gasteiger partial charge >= 0.3 is 0 Å². The molecular weight excluding hydrogens is 416 g/mol. The summed E-state index contributed by atoms with van der Waals surface area (Å²) in [4.78, 5) is 0. The lowest BCUT2D eigenvalue weighted by Crippen LogP contribution is -3.00. The van der Waals surface area contributed by atoms with Gasteiger partial charge in [0.1, 0.15) is 0 Å². The van der Waals surface area contributed by atoms with Gasteiger partial charge in [-0.25, -0.2) is 0 Å². The number of hydrogen-bond acceptors (Lipinski definition) is 1. The first-order chi connectivity index (χ1) is 9.94. The van der Waals surface area contributed by atoms with Crippen molar-refractivity contribution in [1.82, 2.24) is 5.32 Å². The third kappa shape index (κ3) is 6.27. The molecule has 138 valence electrons. The number of rotatable bonds is 8. The van der Waals surface area contributed by atoms with Crippen LogP contribution in [0.25, 0.3) is 0 Å². The van der Waals surface area contributed by atoms with Crippen molar-refractivity contribution in [2.24, 2.45) is 23.2 Å². The van der Waals surface area contributed by atoms with Crippen LogP contribution in [-0.4, -0.2) is 45.3 Å². The Kier molecular flexibility index (Phi) is 8.58. The van der Waals surface area contributed by atoms with Crippen LogP contribution in [0.4, 0.5) is 0 Å². The highest BCUT2D eigenvalue weighted by Crippen LogP contribution is 2.59. The molecule has 0 saturated heterocycles. The van der Waals surface area contributed by atoms with Gasteiger partial charge in [-0.2, -0.15) is 0 Å². The summed E-state index contributed by atoms with van der Waals surface area (Å²) in [5.41, 5.74) is 0.719. The lowest BCUT2D eigenvalue weighted by molar-refractivity contribution is -0.870. The molecule has 4 aliphatic carbocycles. The fourth-order valence-electron chi connectivity index (χ4n) is 5.87. The van der Waals surface area contributed by atoms with Gasteiger partial charge in [0.05, 0.1) is 27.7 Å². The third-order valence-electron chi connectivity index (χ3n) is 6.35. The van der Waals surface area contributed by atoms with Crippen molar-refractivity contribution in [3.63, 3.8) is 0 Å². The number of hydrogen-bond donors (Lipinski definition) is 1. The molecule has 0 aromatic carbocycles. The van der Waals surface area contributed by atoms with E-state index in [0.29, 0.717) is 0 Å². The van der Waals surface area contributed by atoms with E-state index in [1.165, 1.54) is 38.9 Å². The predicted octanol–water partition coefficient (Wildman–Crippen LogP) is -2.32. The summed E-state index contributed by atoms with van der Waals surface area (Å²) in [6.45, 7) is 3.89. The normalized spacial score (nSPS) is 34.8. The molecule has 4 heteroatoms. The molecule has 4 bridgehead atoms. The van der Waals surface area contributed by atoms with Gasteiger partial charge < -0.3 is 43.8 Å². The Hall–Kier alpha value is 0.880. The first kappa shape index (κ1) is 21.9. The molecule has 0 heterocycles. The molecule has 2 nitrogen and oxygen atoms in total. The van der Waals surface area contributed by atoms with Crippen LogP contribution in [0, 0.1) is 23.2 Å². The zero-order valence-electron chi connectivity index (χ0n) is 15.4. The van der Waals surface area contributed by atoms with Crippen molar-refractivity contribution in [3.8, 4) is 0 Å². The van der Waals surface area contributed by atoms with Gasteiger partial charge in [-0.1, -0.05) is 0 Å². The average molecular weight is 453 g/mol. The molecule has 0 aromatic rings. The molecular formula is C19H37Br2N2-. The first-order valence-corrected chi connectivity index (χ1v) is 9.45. The van der Waals surface area contributed by atoms with Crippen molar-refractivity contribution < 1.29 is 38.4 Å². The quantitative estimate of drug-likeness (QED) is 0.322. The van der Waals surface area contributed by atoms with Crippen LogP contribution in [0.3, 0.4) is 0 Å². The molecule has 23 heavy (non-hydrogen) atoms. The standard InChI is InChI=1S/C19H37N2.2BrH/c1-21(2,3)8-6-4-5-7-20-15-19-12-16-9-17(13-19)11-18(10-16)14-19;;/h16-18,20H,4-15H2,1-3H3;2*1H/q+1;;/p-2. The van der Waals surface area contributed by atoms with E-state index in [2.05, 4.69) is 26.5 Å². The maximum Gasteiger partial charge on any atom is 0.0780 e. The second-order valence-electron chi connectivity index (χ2n) is 9.67. The van der Waals surface area contributed by atoms with Crippen LogP contribution in [-0.2, 0) is 0 Å². The Labute approximate surface area is 165 Å². The molecule has 0 amide bonds. The Morgan fingerprint density at radius 3 is 1.83 bits per heavy atom. The van der Waals surface area contributed by atoms with E-state index in [1.54, 1.807) is 38.5 Å². The van der Waals surface area contributed by atoms with Gasteiger partial charge in [0.15, 0.2) is 0 Å². The minimum atomic E-state index is 0. The van der Waals surface area contributed by atoms with Crippen LogP contribution < -0.4 is 39.3 Å². The van der Waals surface area contributed by atoms with Crippen LogP contribution in [0.15, 0.2) is 0 Å². The van der Waals surface area contributed by atoms with E-state index in [4.69, 9.17) is 0 Å². The van der Waals surface area contributed by atoms with Crippen molar-refractivity contribution in [2.75, 3.05) is 40.8 Å². The SMILES string of the molecule is C[N+](C)(C)CCCCCNCC12CC3CC(CC(C3)C1)C2.[Br-].[Br-]. The van der Waals surface area contributed by atoms with Gasteiger partial charge in [-0.3, -0.25) is 0 Å². The maximum absolute atomic E-state index is 3.83. The molecule has 4 aliphatic rings. The van der Waals surface area contributed by atoms with E-state index >= 15 is 0 Å². The van der Waals surface area contributed by atoms with Gasteiger partial charge in [-0.05, 0) is 87.5 Å². The number of nitrogens with one attached hydrogen (secondary N) is 1. The van der Waals surface area contributed by atoms with Crippen molar-refractivity contribution in [1.29, 1.82) is 0 Å². The number of unbranched alkanes of at least 4 members (excludes halogenated alkanes) is 2. The first-order valence-electron chi connectivity index (χ1n) is 9.45. The highest BCUT2D eigenvalue weighted by molar-refractivity contribution is 5.02. The molecule has 4 fully saturated rings. The smallest absolute Gasteiger partial charge is 0.0780 e. The van der Waals surface area contributed by atoms with Crippen LogP contribution >= 0.6 is 0 Å². The van der Waals surface area contributed by atoms with Crippen molar-refractivity contribution >= 4 is 0 Å². The summed E-state index contributed by atoms with van der Waals surface area (Å²) in [5.74, 6) is 3.30. The largest absolute Gasteiger partial charge is 1.00 e. The molecule has 0 radical (unpaired) electrons. The topological polar surface area (TPSA) is 12.0 Å². The van der Waals surface area contributed by atoms with Gasteiger partial charge in [0.2, 0.25) is 0 Å². The molecule has 0 unspecified atom stereocenters. The zero-order chi connectivity index (χ0) is 14.9. The summed E-state index contributed by atoms with van der Waals surface area (Å²) >= 11 is 0. The van der Waals surface area contributed by atoms with Gasteiger partial charge in [0.25, 0.3) is 0 Å². The number of quaternary nitrogens is 1.